The summed E-state index contributed by atoms with van der Waals surface area (Å²) < 4.78 is 0. The van der Waals surface area contributed by atoms with Crippen molar-refractivity contribution >= 4 is 0 Å². The predicted octanol–water partition coefficient (Wildman–Crippen LogP) is 0.253. The van der Waals surface area contributed by atoms with Crippen LogP contribution in [-0.2, 0) is 4.84 Å². The molecule has 0 aliphatic carbocycles. The summed E-state index contributed by atoms with van der Waals surface area (Å²) in [5, 5.41) is 9.99. The highest BCUT2D eigenvalue weighted by Gasteiger charge is 1.96. The minimum atomic E-state index is 0.109. The molecule has 1 rings (SSSR count). The SMILES string of the molecule is OCCN1C=CC=CO1. The van der Waals surface area contributed by atoms with E-state index < -0.39 is 0 Å². The van der Waals surface area contributed by atoms with Crippen molar-refractivity contribution in [1.29, 1.82) is 0 Å². The number of nitrogens with zero attached hydrogens (tertiary/aromatic N) is 1. The van der Waals surface area contributed by atoms with Crippen molar-refractivity contribution in [2.45, 2.75) is 0 Å². The van der Waals surface area contributed by atoms with E-state index in [1.165, 1.54) is 0 Å². The van der Waals surface area contributed by atoms with Crippen LogP contribution in [0.4, 0.5) is 0 Å². The maximum absolute atomic E-state index is 8.44. The van der Waals surface area contributed by atoms with Gasteiger partial charge in [-0.3, -0.25) is 0 Å². The van der Waals surface area contributed by atoms with Gasteiger partial charge in [-0.1, -0.05) is 0 Å². The Morgan fingerprint density at radius 2 is 2.33 bits per heavy atom. The van der Waals surface area contributed by atoms with Crippen LogP contribution in [0.15, 0.2) is 24.6 Å². The minimum absolute atomic E-state index is 0.109. The van der Waals surface area contributed by atoms with Crippen LogP contribution in [0.2, 0.25) is 0 Å². The van der Waals surface area contributed by atoms with Crippen LogP contribution in [0.1, 0.15) is 0 Å². The van der Waals surface area contributed by atoms with E-state index in [2.05, 4.69) is 0 Å². The molecule has 0 atom stereocenters. The first kappa shape index (κ1) is 6.16. The molecular formula is C6H9NO2. The van der Waals surface area contributed by atoms with Crippen LogP contribution in [0.3, 0.4) is 0 Å². The Balaban J connectivity index is 2.28. The number of hydrogen-bond acceptors (Lipinski definition) is 3. The monoisotopic (exact) mass is 127 g/mol. The van der Waals surface area contributed by atoms with Gasteiger partial charge in [0.05, 0.1) is 13.2 Å². The van der Waals surface area contributed by atoms with Crippen LogP contribution < -0.4 is 0 Å². The molecule has 0 amide bonds. The fourth-order valence-electron chi connectivity index (χ4n) is 0.565. The lowest BCUT2D eigenvalue weighted by Gasteiger charge is -2.18. The van der Waals surface area contributed by atoms with Crippen molar-refractivity contribution in [2.24, 2.45) is 0 Å². The second kappa shape index (κ2) is 3.14. The molecule has 0 saturated carbocycles. The average molecular weight is 127 g/mol. The molecule has 0 unspecified atom stereocenters. The second-order valence-electron chi connectivity index (χ2n) is 1.64. The number of β-amino-alcohol motifs (C(OH)–C–C–N with tert-alkyl or cyclic N) is 1. The Labute approximate surface area is 53.8 Å². The van der Waals surface area contributed by atoms with Gasteiger partial charge in [-0.25, -0.2) is 5.06 Å². The van der Waals surface area contributed by atoms with Gasteiger partial charge in [0, 0.05) is 6.20 Å². The van der Waals surface area contributed by atoms with E-state index in [0.717, 1.165) is 0 Å². The lowest BCUT2D eigenvalue weighted by Crippen LogP contribution is -2.20. The van der Waals surface area contributed by atoms with E-state index in [-0.39, 0.29) is 6.61 Å². The first-order chi connectivity index (χ1) is 4.43. The highest BCUT2D eigenvalue weighted by atomic mass is 16.7. The molecule has 1 aliphatic rings. The van der Waals surface area contributed by atoms with Gasteiger partial charge >= 0.3 is 0 Å². The van der Waals surface area contributed by atoms with E-state index in [1.807, 2.05) is 6.08 Å². The molecule has 50 valence electrons. The van der Waals surface area contributed by atoms with Gasteiger partial charge in [-0.2, -0.15) is 0 Å². The molecule has 1 N–H and O–H groups in total. The van der Waals surface area contributed by atoms with Crippen molar-refractivity contribution in [3.05, 3.63) is 24.6 Å². The molecule has 3 nitrogen and oxygen atoms in total. The number of rotatable bonds is 2. The van der Waals surface area contributed by atoms with Gasteiger partial charge in [-0.05, 0) is 12.2 Å². The summed E-state index contributed by atoms with van der Waals surface area (Å²) in [6, 6.07) is 0. The van der Waals surface area contributed by atoms with Crippen molar-refractivity contribution < 1.29 is 9.94 Å². The topological polar surface area (TPSA) is 32.7 Å². The van der Waals surface area contributed by atoms with Crippen LogP contribution in [0.5, 0.6) is 0 Å². The molecule has 1 heterocycles. The zero-order valence-electron chi connectivity index (χ0n) is 5.03. The zero-order valence-corrected chi connectivity index (χ0v) is 5.03. The summed E-state index contributed by atoms with van der Waals surface area (Å²) in [5.41, 5.74) is 0. The summed E-state index contributed by atoms with van der Waals surface area (Å²) in [6.07, 6.45) is 6.96. The van der Waals surface area contributed by atoms with Crippen molar-refractivity contribution in [3.8, 4) is 0 Å². The van der Waals surface area contributed by atoms with Gasteiger partial charge in [0.15, 0.2) is 0 Å². The maximum atomic E-state index is 8.44. The summed E-state index contributed by atoms with van der Waals surface area (Å²) in [4.78, 5) is 4.92. The van der Waals surface area contributed by atoms with Crippen molar-refractivity contribution in [2.75, 3.05) is 13.2 Å². The minimum Gasteiger partial charge on any atom is -0.394 e. The lowest BCUT2D eigenvalue weighted by atomic mass is 10.5. The molecule has 1 aliphatic heterocycles. The molecule has 9 heavy (non-hydrogen) atoms. The van der Waals surface area contributed by atoms with E-state index in [1.54, 1.807) is 23.6 Å². The fourth-order valence-corrected chi connectivity index (χ4v) is 0.565. The molecule has 0 saturated heterocycles. The number of aliphatic hydroxyl groups is 1. The van der Waals surface area contributed by atoms with Gasteiger partial charge < -0.3 is 9.94 Å². The lowest BCUT2D eigenvalue weighted by molar-refractivity contribution is -0.0677. The first-order valence-electron chi connectivity index (χ1n) is 2.81. The fraction of sp³-hybridized carbons (Fsp3) is 0.333. The highest BCUT2D eigenvalue weighted by molar-refractivity contribution is 5.01. The Morgan fingerprint density at radius 3 is 2.89 bits per heavy atom. The van der Waals surface area contributed by atoms with Crippen LogP contribution in [0.25, 0.3) is 0 Å². The Morgan fingerprint density at radius 1 is 1.44 bits per heavy atom. The first-order valence-corrected chi connectivity index (χ1v) is 2.81. The van der Waals surface area contributed by atoms with E-state index >= 15 is 0 Å². The predicted molar refractivity (Wildman–Crippen MR) is 33.2 cm³/mol. The van der Waals surface area contributed by atoms with Gasteiger partial charge in [0.25, 0.3) is 0 Å². The molecule has 0 aromatic rings. The molecule has 0 aromatic heterocycles. The molecule has 0 spiro atoms. The van der Waals surface area contributed by atoms with E-state index in [9.17, 15) is 0 Å². The summed E-state index contributed by atoms with van der Waals surface area (Å²) >= 11 is 0. The van der Waals surface area contributed by atoms with Crippen LogP contribution in [0, 0.1) is 0 Å². The van der Waals surface area contributed by atoms with Crippen LogP contribution >= 0.6 is 0 Å². The zero-order chi connectivity index (χ0) is 6.53. The van der Waals surface area contributed by atoms with Gasteiger partial charge in [-0.15, -0.1) is 0 Å². The number of hydroxylamine groups is 2. The molecule has 0 bridgehead atoms. The molecular weight excluding hydrogens is 118 g/mol. The number of hydrogen-bond donors (Lipinski definition) is 1. The number of allylic oxidation sites excluding steroid dienone is 2. The Hall–Kier alpha value is -0.960. The third-order valence-corrected chi connectivity index (χ3v) is 0.959. The normalized spacial score (nSPS) is 15.9. The second-order valence-corrected chi connectivity index (χ2v) is 1.64. The number of aliphatic hydroxyl groups excluding tert-OH is 1. The van der Waals surface area contributed by atoms with Crippen LogP contribution in [-0.4, -0.2) is 23.3 Å². The quantitative estimate of drug-likeness (QED) is 0.577. The molecule has 3 heteroatoms. The molecule has 0 fully saturated rings. The summed E-state index contributed by atoms with van der Waals surface area (Å²) in [5.74, 6) is 0. The third kappa shape index (κ3) is 1.77. The summed E-state index contributed by atoms with van der Waals surface area (Å²) in [6.45, 7) is 0.624. The largest absolute Gasteiger partial charge is 0.394 e. The van der Waals surface area contributed by atoms with Crippen molar-refractivity contribution in [1.82, 2.24) is 5.06 Å². The third-order valence-electron chi connectivity index (χ3n) is 0.959. The average Bonchev–Trinajstić information content (AvgIpc) is 1.91. The highest BCUT2D eigenvalue weighted by Crippen LogP contribution is 1.97. The molecule has 0 radical (unpaired) electrons. The molecule has 0 aromatic carbocycles. The van der Waals surface area contributed by atoms with E-state index in [4.69, 9.17) is 9.94 Å². The Bertz CT molecular complexity index is 131. The van der Waals surface area contributed by atoms with Gasteiger partial charge in [0.2, 0.25) is 0 Å². The maximum Gasteiger partial charge on any atom is 0.119 e. The van der Waals surface area contributed by atoms with E-state index in [0.29, 0.717) is 6.54 Å². The smallest absolute Gasteiger partial charge is 0.119 e. The Kier molecular flexibility index (Phi) is 2.15. The standard InChI is InChI=1S/C6H9NO2/c8-5-4-7-3-1-2-6-9-7/h1-3,6,8H,4-5H2. The summed E-state index contributed by atoms with van der Waals surface area (Å²) in [7, 11) is 0. The van der Waals surface area contributed by atoms with Gasteiger partial charge in [0.1, 0.15) is 6.26 Å². The van der Waals surface area contributed by atoms with Crippen molar-refractivity contribution in [3.63, 3.8) is 0 Å².